The summed E-state index contributed by atoms with van der Waals surface area (Å²) in [4.78, 5) is 11.1. The molecule has 0 aromatic carbocycles. The fourth-order valence-corrected chi connectivity index (χ4v) is 5.74. The van der Waals surface area contributed by atoms with Gasteiger partial charge in [0.15, 0.2) is 0 Å². The van der Waals surface area contributed by atoms with Crippen molar-refractivity contribution in [2.24, 2.45) is 0 Å². The number of unbranched alkanes of at least 4 members (excludes halogenated alkanes) is 13. The van der Waals surface area contributed by atoms with Crippen LogP contribution in [0.3, 0.4) is 0 Å². The molecule has 1 unspecified atom stereocenters. The molecule has 0 heterocycles. The molecule has 0 bridgehead atoms. The van der Waals surface area contributed by atoms with Gasteiger partial charge in [-0.1, -0.05) is 141 Å². The molecule has 5 heteroatoms. The molecule has 0 aromatic rings. The van der Waals surface area contributed by atoms with Crippen LogP contribution in [0.25, 0.3) is 0 Å². The van der Waals surface area contributed by atoms with E-state index >= 15 is 0 Å². The highest BCUT2D eigenvalue weighted by Crippen LogP contribution is 2.15. The summed E-state index contributed by atoms with van der Waals surface area (Å²) in [7, 11) is 1.15. The number of ether oxygens (including phenoxy) is 1. The lowest BCUT2D eigenvalue weighted by molar-refractivity contribution is -0.142. The molecule has 0 aliphatic heterocycles. The predicted molar refractivity (Wildman–Crippen MR) is 137 cm³/mol. The van der Waals surface area contributed by atoms with E-state index in [9.17, 15) is 4.79 Å². The number of hydrogen-bond donors (Lipinski definition) is 0. The Morgan fingerprint density at radius 1 is 0.852 bits per heavy atom. The van der Waals surface area contributed by atoms with Crippen molar-refractivity contribution in [3.05, 3.63) is 12.7 Å². The molecule has 0 fully saturated rings. The summed E-state index contributed by atoms with van der Waals surface area (Å²) in [6.07, 6.45) is 21.6. The molecule has 158 valence electrons. The van der Waals surface area contributed by atoms with Gasteiger partial charge in [0.1, 0.15) is 0 Å². The molecule has 0 amide bonds. The number of hydrogen-bond acceptors (Lipinski definition) is 2. The average Bonchev–Trinajstić information content (AvgIpc) is 2.63. The Hall–Kier alpha value is 0.887. The number of esters is 1. The van der Waals surface area contributed by atoms with Crippen molar-refractivity contribution in [2.75, 3.05) is 0 Å². The first-order valence-electron chi connectivity index (χ1n) is 10.9. The molecule has 2 radical (unpaired) electrons. The fraction of sp³-hybridized carbons (Fsp3) is 0.864. The molecule has 0 rings (SSSR count). The van der Waals surface area contributed by atoms with Crippen LogP contribution in [0.2, 0.25) is 6.04 Å². The first kappa shape index (κ1) is 27.9. The average molecular weight is 618 g/mol. The van der Waals surface area contributed by atoms with Crippen LogP contribution < -0.4 is 0 Å². The van der Waals surface area contributed by atoms with Crippen LogP contribution in [0, 0.1) is 0 Å². The summed E-state index contributed by atoms with van der Waals surface area (Å²) in [6.45, 7) is 5.39. The van der Waals surface area contributed by atoms with E-state index in [0.717, 1.165) is 23.9 Å². The summed E-state index contributed by atoms with van der Waals surface area (Å²) in [6, 6.07) is 1.44. The van der Waals surface area contributed by atoms with Crippen molar-refractivity contribution in [2.45, 2.75) is 117 Å². The highest BCUT2D eigenvalue weighted by molar-refractivity contribution is 14.2. The summed E-state index contributed by atoms with van der Waals surface area (Å²) >= 11 is 5.06. The zero-order valence-corrected chi connectivity index (χ0v) is 22.6. The van der Waals surface area contributed by atoms with Gasteiger partial charge in [0.05, 0.1) is 17.2 Å². The van der Waals surface area contributed by atoms with Crippen molar-refractivity contribution in [3.63, 3.8) is 0 Å². The van der Waals surface area contributed by atoms with Gasteiger partial charge in [-0.25, -0.2) is 4.79 Å². The Kier molecular flexibility index (Phi) is 22.3. The Morgan fingerprint density at radius 3 is 1.67 bits per heavy atom. The third-order valence-electron chi connectivity index (χ3n) is 4.82. The SMILES string of the molecule is C=CC(=O)OC(C)CCCCCCCCCCCCCCCC[Si]C(I)I. The van der Waals surface area contributed by atoms with Gasteiger partial charge >= 0.3 is 5.97 Å². The van der Waals surface area contributed by atoms with Crippen LogP contribution in [0.5, 0.6) is 0 Å². The van der Waals surface area contributed by atoms with Gasteiger partial charge in [-0.15, -0.1) is 0 Å². The van der Waals surface area contributed by atoms with Crippen molar-refractivity contribution in [3.8, 4) is 0 Å². The second-order valence-electron chi connectivity index (χ2n) is 7.44. The van der Waals surface area contributed by atoms with E-state index in [1.807, 2.05) is 6.92 Å². The largest absolute Gasteiger partial charge is 0.460 e. The summed E-state index contributed by atoms with van der Waals surface area (Å²) in [5, 5.41) is 0. The number of halogens is 2. The second kappa shape index (κ2) is 21.6. The van der Waals surface area contributed by atoms with Crippen LogP contribution >= 0.6 is 45.2 Å². The molecule has 0 saturated carbocycles. The van der Waals surface area contributed by atoms with Crippen LogP contribution in [0.1, 0.15) is 103 Å². The highest BCUT2D eigenvalue weighted by atomic mass is 127. The van der Waals surface area contributed by atoms with E-state index in [4.69, 9.17) is 4.74 Å². The molecule has 0 saturated heterocycles. The lowest BCUT2D eigenvalue weighted by Gasteiger charge is -2.11. The van der Waals surface area contributed by atoms with Crippen LogP contribution in [-0.4, -0.2) is 23.1 Å². The molecular weight excluding hydrogens is 578 g/mol. The minimum Gasteiger partial charge on any atom is -0.460 e. The van der Waals surface area contributed by atoms with Gasteiger partial charge in [-0.3, -0.25) is 0 Å². The molecule has 1 atom stereocenters. The summed E-state index contributed by atoms with van der Waals surface area (Å²) in [5.41, 5.74) is 0. The Bertz CT molecular complexity index is 351. The van der Waals surface area contributed by atoms with Crippen LogP contribution in [0.15, 0.2) is 12.7 Å². The molecule has 0 N–H and O–H groups in total. The van der Waals surface area contributed by atoms with E-state index in [2.05, 4.69) is 51.8 Å². The van der Waals surface area contributed by atoms with E-state index in [0.29, 0.717) is 0 Å². The quantitative estimate of drug-likeness (QED) is 0.0343. The lowest BCUT2D eigenvalue weighted by Crippen LogP contribution is -2.12. The summed E-state index contributed by atoms with van der Waals surface area (Å²) in [5.74, 6) is -0.302. The maximum absolute atomic E-state index is 11.1. The van der Waals surface area contributed by atoms with Gasteiger partial charge < -0.3 is 4.74 Å². The van der Waals surface area contributed by atoms with Gasteiger partial charge in [0, 0.05) is 6.08 Å². The number of alkyl halides is 2. The predicted octanol–water partition coefficient (Wildman–Crippen LogP) is 8.23. The summed E-state index contributed by atoms with van der Waals surface area (Å²) < 4.78 is 6.02. The lowest BCUT2D eigenvalue weighted by atomic mass is 10.0. The normalized spacial score (nSPS) is 12.3. The first-order chi connectivity index (χ1) is 13.1. The van der Waals surface area contributed by atoms with Gasteiger partial charge in [0.25, 0.3) is 0 Å². The third kappa shape index (κ3) is 23.0. The molecule has 0 aliphatic rings. The zero-order valence-electron chi connectivity index (χ0n) is 17.3. The Balaban J connectivity index is 3.13. The third-order valence-corrected chi connectivity index (χ3v) is 8.41. The Labute approximate surface area is 198 Å². The van der Waals surface area contributed by atoms with Crippen LogP contribution in [-0.2, 0) is 9.53 Å². The van der Waals surface area contributed by atoms with Crippen LogP contribution in [0.4, 0.5) is 0 Å². The second-order valence-corrected chi connectivity index (χ2v) is 16.2. The van der Waals surface area contributed by atoms with Crippen molar-refractivity contribution >= 4 is 60.7 Å². The molecule has 0 spiro atoms. The molecular formula is C22H40I2O2Si. The smallest absolute Gasteiger partial charge is 0.330 e. The number of rotatable bonds is 20. The van der Waals surface area contributed by atoms with Crippen molar-refractivity contribution in [1.82, 2.24) is 0 Å². The van der Waals surface area contributed by atoms with Gasteiger partial charge in [-0.05, 0) is 19.8 Å². The molecule has 0 aromatic heterocycles. The van der Waals surface area contributed by atoms with E-state index in [1.54, 1.807) is 0 Å². The molecule has 0 aliphatic carbocycles. The first-order valence-corrected chi connectivity index (χ1v) is 14.7. The van der Waals surface area contributed by atoms with Gasteiger partial charge in [-0.2, -0.15) is 0 Å². The minimum atomic E-state index is -0.302. The number of carbonyl (C=O) groups excluding carboxylic acids is 1. The molecule has 27 heavy (non-hydrogen) atoms. The van der Waals surface area contributed by atoms with Gasteiger partial charge in [0.2, 0.25) is 0 Å². The maximum atomic E-state index is 11.1. The van der Waals surface area contributed by atoms with Crippen molar-refractivity contribution < 1.29 is 9.53 Å². The zero-order chi connectivity index (χ0) is 20.2. The van der Waals surface area contributed by atoms with E-state index < -0.39 is 0 Å². The van der Waals surface area contributed by atoms with Crippen molar-refractivity contribution in [1.29, 1.82) is 0 Å². The monoisotopic (exact) mass is 618 g/mol. The minimum absolute atomic E-state index is 0.0234. The topological polar surface area (TPSA) is 26.3 Å². The Morgan fingerprint density at radius 2 is 1.26 bits per heavy atom. The maximum Gasteiger partial charge on any atom is 0.330 e. The number of carbonyl (C=O) groups is 1. The standard InChI is InChI=1S/C22H40I2O2Si/c1-3-21(25)26-20(2)18-16-14-12-10-8-6-4-5-7-9-11-13-15-17-19-27-22(23)24/h3,20,22H,1,4-19H2,2H3. The highest BCUT2D eigenvalue weighted by Gasteiger charge is 2.05. The van der Waals surface area contributed by atoms with E-state index in [1.165, 1.54) is 95.6 Å². The molecule has 2 nitrogen and oxygen atoms in total. The fourth-order valence-electron chi connectivity index (χ4n) is 3.19. The van der Waals surface area contributed by atoms with E-state index in [-0.39, 0.29) is 12.1 Å².